The van der Waals surface area contributed by atoms with E-state index in [1.807, 2.05) is 0 Å². The number of carbonyl (C=O) groups is 2. The summed E-state index contributed by atoms with van der Waals surface area (Å²) in [6, 6.07) is 2.66. The minimum atomic E-state index is -1.25. The number of hydrogen-bond acceptors (Lipinski definition) is 5. The van der Waals surface area contributed by atoms with Crippen LogP contribution < -0.4 is 10.5 Å². The fourth-order valence-electron chi connectivity index (χ4n) is 1.51. The van der Waals surface area contributed by atoms with Crippen molar-refractivity contribution < 1.29 is 24.2 Å². The van der Waals surface area contributed by atoms with Gasteiger partial charge in [-0.25, -0.2) is 9.59 Å². The number of ether oxygens (including phenoxy) is 2. The van der Waals surface area contributed by atoms with Crippen molar-refractivity contribution in [2.75, 3.05) is 12.8 Å². The summed E-state index contributed by atoms with van der Waals surface area (Å²) in [7, 11) is 1.38. The number of aromatic carboxylic acids is 1. The van der Waals surface area contributed by atoms with Crippen LogP contribution in [0.25, 0.3) is 0 Å². The molecule has 0 fully saturated rings. The average Bonchev–Trinajstić information content (AvgIpc) is 2.25. The van der Waals surface area contributed by atoms with Gasteiger partial charge in [0.25, 0.3) is 0 Å². The summed E-state index contributed by atoms with van der Waals surface area (Å²) in [6.07, 6.45) is 0. The van der Waals surface area contributed by atoms with E-state index in [0.29, 0.717) is 0 Å². The zero-order chi connectivity index (χ0) is 14.8. The minimum absolute atomic E-state index is 0.0448. The lowest BCUT2D eigenvalue weighted by Gasteiger charge is -2.21. The van der Waals surface area contributed by atoms with Crippen LogP contribution in [0.3, 0.4) is 0 Å². The quantitative estimate of drug-likeness (QED) is 0.641. The summed E-state index contributed by atoms with van der Waals surface area (Å²) in [5.74, 6) is -1.82. The fraction of sp³-hybridized carbons (Fsp3) is 0.385. The highest BCUT2D eigenvalue weighted by Gasteiger charge is 2.26. The molecule has 0 aliphatic rings. The molecule has 0 unspecified atom stereocenters. The number of nitrogen functional groups attached to an aromatic ring is 1. The number of carboxylic acids is 1. The number of benzene rings is 1. The standard InChI is InChI=1S/C13H17NO5/c1-13(2,3)19-12(17)9-7(11(15)16)5-6-8(18-4)10(9)14/h5-6H,14H2,1-4H3,(H,15,16). The van der Waals surface area contributed by atoms with E-state index in [-0.39, 0.29) is 22.6 Å². The first-order valence-electron chi connectivity index (χ1n) is 5.60. The SMILES string of the molecule is COc1ccc(C(=O)O)c(C(=O)OC(C)(C)C)c1N. The average molecular weight is 267 g/mol. The molecule has 104 valence electrons. The van der Waals surface area contributed by atoms with Crippen molar-refractivity contribution in [3.63, 3.8) is 0 Å². The highest BCUT2D eigenvalue weighted by Crippen LogP contribution is 2.30. The van der Waals surface area contributed by atoms with Crippen LogP contribution in [0.5, 0.6) is 5.75 Å². The highest BCUT2D eigenvalue weighted by molar-refractivity contribution is 6.07. The third-order valence-corrected chi connectivity index (χ3v) is 2.26. The molecule has 0 aromatic heterocycles. The molecule has 0 aliphatic heterocycles. The molecular formula is C13H17NO5. The Balaban J connectivity index is 3.37. The summed E-state index contributed by atoms with van der Waals surface area (Å²) in [4.78, 5) is 23.2. The summed E-state index contributed by atoms with van der Waals surface area (Å²) >= 11 is 0. The molecule has 6 nitrogen and oxygen atoms in total. The van der Waals surface area contributed by atoms with E-state index in [9.17, 15) is 9.59 Å². The Morgan fingerprint density at radius 3 is 2.26 bits per heavy atom. The van der Waals surface area contributed by atoms with Crippen molar-refractivity contribution in [2.24, 2.45) is 0 Å². The zero-order valence-corrected chi connectivity index (χ0v) is 11.3. The van der Waals surface area contributed by atoms with E-state index in [2.05, 4.69) is 0 Å². The van der Waals surface area contributed by atoms with Gasteiger partial charge in [0.1, 0.15) is 16.9 Å². The van der Waals surface area contributed by atoms with E-state index in [1.54, 1.807) is 20.8 Å². The van der Waals surface area contributed by atoms with Crippen molar-refractivity contribution in [1.29, 1.82) is 0 Å². The maximum atomic E-state index is 12.1. The number of anilines is 1. The second-order valence-electron chi connectivity index (χ2n) is 4.91. The van der Waals surface area contributed by atoms with Crippen molar-refractivity contribution in [3.05, 3.63) is 23.3 Å². The van der Waals surface area contributed by atoms with E-state index < -0.39 is 17.5 Å². The Morgan fingerprint density at radius 2 is 1.84 bits per heavy atom. The Bertz CT molecular complexity index is 517. The number of carboxylic acid groups (broad SMARTS) is 1. The first-order valence-corrected chi connectivity index (χ1v) is 5.60. The van der Waals surface area contributed by atoms with Crippen molar-refractivity contribution >= 4 is 17.6 Å². The van der Waals surface area contributed by atoms with Gasteiger partial charge in [0.05, 0.1) is 18.4 Å². The van der Waals surface area contributed by atoms with Crippen molar-refractivity contribution in [2.45, 2.75) is 26.4 Å². The number of rotatable bonds is 3. The van der Waals surface area contributed by atoms with E-state index >= 15 is 0 Å². The van der Waals surface area contributed by atoms with Gasteiger partial charge in [-0.15, -0.1) is 0 Å². The predicted octanol–water partition coefficient (Wildman–Crippen LogP) is 1.93. The van der Waals surface area contributed by atoms with Gasteiger partial charge in [-0.1, -0.05) is 0 Å². The molecule has 0 amide bonds. The van der Waals surface area contributed by atoms with Gasteiger partial charge >= 0.3 is 11.9 Å². The summed E-state index contributed by atoms with van der Waals surface area (Å²) in [5, 5.41) is 9.10. The van der Waals surface area contributed by atoms with Gasteiger partial charge in [-0.2, -0.15) is 0 Å². The second-order valence-corrected chi connectivity index (χ2v) is 4.91. The van der Waals surface area contributed by atoms with Gasteiger partial charge in [0, 0.05) is 0 Å². The molecule has 3 N–H and O–H groups in total. The summed E-state index contributed by atoms with van der Waals surface area (Å²) < 4.78 is 10.1. The van der Waals surface area contributed by atoms with Crippen LogP contribution in [-0.2, 0) is 4.74 Å². The monoisotopic (exact) mass is 267 g/mol. The Hall–Kier alpha value is -2.24. The normalized spacial score (nSPS) is 10.9. The lowest BCUT2D eigenvalue weighted by atomic mass is 10.0. The topological polar surface area (TPSA) is 98.8 Å². The first-order chi connectivity index (χ1) is 8.67. The maximum Gasteiger partial charge on any atom is 0.341 e. The molecule has 0 radical (unpaired) electrons. The number of nitrogens with two attached hydrogens (primary N) is 1. The lowest BCUT2D eigenvalue weighted by Crippen LogP contribution is -2.26. The smallest absolute Gasteiger partial charge is 0.341 e. The Morgan fingerprint density at radius 1 is 1.26 bits per heavy atom. The van der Waals surface area contributed by atoms with Gasteiger partial charge in [0.2, 0.25) is 0 Å². The number of methoxy groups -OCH3 is 1. The van der Waals surface area contributed by atoms with Crippen molar-refractivity contribution in [3.8, 4) is 5.75 Å². The Kier molecular flexibility index (Phi) is 4.04. The van der Waals surface area contributed by atoms with E-state index in [1.165, 1.54) is 19.2 Å². The molecule has 0 saturated heterocycles. The molecule has 1 aromatic rings. The largest absolute Gasteiger partial charge is 0.495 e. The van der Waals surface area contributed by atoms with Crippen molar-refractivity contribution in [1.82, 2.24) is 0 Å². The van der Waals surface area contributed by atoms with Crippen LogP contribution >= 0.6 is 0 Å². The fourth-order valence-corrected chi connectivity index (χ4v) is 1.51. The van der Waals surface area contributed by atoms with Crippen LogP contribution in [0.2, 0.25) is 0 Å². The summed E-state index contributed by atoms with van der Waals surface area (Å²) in [5.41, 5.74) is 4.56. The number of carbonyl (C=O) groups excluding carboxylic acids is 1. The molecular weight excluding hydrogens is 250 g/mol. The van der Waals surface area contributed by atoms with Gasteiger partial charge in [-0.3, -0.25) is 0 Å². The highest BCUT2D eigenvalue weighted by atomic mass is 16.6. The maximum absolute atomic E-state index is 12.1. The second kappa shape index (κ2) is 5.17. The van der Waals surface area contributed by atoms with E-state index in [0.717, 1.165) is 0 Å². The molecule has 19 heavy (non-hydrogen) atoms. The first kappa shape index (κ1) is 14.8. The molecule has 1 aromatic carbocycles. The third-order valence-electron chi connectivity index (χ3n) is 2.26. The summed E-state index contributed by atoms with van der Waals surface area (Å²) in [6.45, 7) is 5.05. The molecule has 0 atom stereocenters. The molecule has 0 heterocycles. The number of esters is 1. The van der Waals surface area contributed by atoms with E-state index in [4.69, 9.17) is 20.3 Å². The number of hydrogen-bond donors (Lipinski definition) is 2. The molecule has 6 heteroatoms. The van der Waals surface area contributed by atoms with Crippen LogP contribution in [0.4, 0.5) is 5.69 Å². The third kappa shape index (κ3) is 3.37. The molecule has 1 rings (SSSR count). The van der Waals surface area contributed by atoms with Crippen LogP contribution in [0, 0.1) is 0 Å². The van der Waals surface area contributed by atoms with Crippen LogP contribution in [0.15, 0.2) is 12.1 Å². The van der Waals surface area contributed by atoms with Gasteiger partial charge < -0.3 is 20.3 Å². The molecule has 0 bridgehead atoms. The van der Waals surface area contributed by atoms with Gasteiger partial charge in [0.15, 0.2) is 0 Å². The molecule has 0 spiro atoms. The Labute approximate surface area is 111 Å². The predicted molar refractivity (Wildman–Crippen MR) is 69.5 cm³/mol. The molecule has 0 saturated carbocycles. The van der Waals surface area contributed by atoms with Crippen LogP contribution in [-0.4, -0.2) is 29.8 Å². The lowest BCUT2D eigenvalue weighted by molar-refractivity contribution is 0.00668. The molecule has 0 aliphatic carbocycles. The minimum Gasteiger partial charge on any atom is -0.495 e. The van der Waals surface area contributed by atoms with Gasteiger partial charge in [-0.05, 0) is 32.9 Å². The zero-order valence-electron chi connectivity index (χ0n) is 11.3. The van der Waals surface area contributed by atoms with Crippen LogP contribution in [0.1, 0.15) is 41.5 Å².